The Bertz CT molecular complexity index is 1480. The summed E-state index contributed by atoms with van der Waals surface area (Å²) in [5, 5.41) is 5.06. The van der Waals surface area contributed by atoms with Gasteiger partial charge in [-0.3, -0.25) is 0 Å². The molecule has 4 rings (SSSR count). The van der Waals surface area contributed by atoms with Crippen LogP contribution in [0.4, 0.5) is 11.4 Å². The minimum absolute atomic E-state index is 0.0330. The summed E-state index contributed by atoms with van der Waals surface area (Å²) in [7, 11) is 4.33. The van der Waals surface area contributed by atoms with E-state index in [1.54, 1.807) is 0 Å². The van der Waals surface area contributed by atoms with Crippen molar-refractivity contribution in [3.8, 4) is 11.8 Å². The molecular formula is C35H38N2. The van der Waals surface area contributed by atoms with Gasteiger partial charge in [0.05, 0.1) is 0 Å². The van der Waals surface area contributed by atoms with Gasteiger partial charge in [0.1, 0.15) is 0 Å². The molecule has 0 amide bonds. The van der Waals surface area contributed by atoms with Crippen LogP contribution in [0.3, 0.4) is 0 Å². The molecule has 0 aliphatic rings. The van der Waals surface area contributed by atoms with Crippen LogP contribution in [0.15, 0.2) is 109 Å². The van der Waals surface area contributed by atoms with Crippen LogP contribution in [0.25, 0.3) is 21.5 Å². The first-order chi connectivity index (χ1) is 17.7. The fraction of sp³-hybridized carbons (Fsp3) is 0.257. The second-order valence-corrected chi connectivity index (χ2v) is 10.8. The highest BCUT2D eigenvalue weighted by atomic mass is 15.1. The number of hydrogen-bond acceptors (Lipinski definition) is 2. The molecule has 0 heterocycles. The summed E-state index contributed by atoms with van der Waals surface area (Å²) in [5.41, 5.74) is 3.61. The van der Waals surface area contributed by atoms with Gasteiger partial charge in [-0.15, -0.1) is 0 Å². The van der Waals surface area contributed by atoms with Crippen molar-refractivity contribution in [1.29, 1.82) is 0 Å². The topological polar surface area (TPSA) is 6.48 Å². The Morgan fingerprint density at radius 1 is 0.784 bits per heavy atom. The number of nitrogens with zero attached hydrogens (tertiary/aromatic N) is 2. The lowest BCUT2D eigenvalue weighted by Crippen LogP contribution is -2.27. The van der Waals surface area contributed by atoms with Crippen LogP contribution in [0.2, 0.25) is 0 Å². The third-order valence-corrected chi connectivity index (χ3v) is 6.65. The van der Waals surface area contributed by atoms with Gasteiger partial charge in [-0.1, -0.05) is 96.8 Å². The SMILES string of the molecule is CC(C=CC(=CC#CC(C)(C)C)CN(C)c1cccc2ccccc12)N(C)c1cccc2ccccc12. The molecule has 0 fully saturated rings. The van der Waals surface area contributed by atoms with E-state index in [9.17, 15) is 0 Å². The van der Waals surface area contributed by atoms with Crippen molar-refractivity contribution < 1.29 is 0 Å². The lowest BCUT2D eigenvalue weighted by Gasteiger charge is -2.26. The summed E-state index contributed by atoms with van der Waals surface area (Å²) in [6, 6.07) is 30.4. The number of anilines is 2. The summed E-state index contributed by atoms with van der Waals surface area (Å²) in [4.78, 5) is 4.65. The van der Waals surface area contributed by atoms with Gasteiger partial charge < -0.3 is 9.80 Å². The van der Waals surface area contributed by atoms with Crippen LogP contribution < -0.4 is 9.80 Å². The van der Waals surface area contributed by atoms with Gasteiger partial charge in [0, 0.05) is 54.2 Å². The largest absolute Gasteiger partial charge is 0.370 e. The zero-order valence-corrected chi connectivity index (χ0v) is 23.0. The van der Waals surface area contributed by atoms with Crippen molar-refractivity contribution in [1.82, 2.24) is 0 Å². The Balaban J connectivity index is 1.60. The number of allylic oxidation sites excluding steroid dienone is 1. The molecule has 1 atom stereocenters. The molecule has 0 saturated heterocycles. The molecular weight excluding hydrogens is 448 g/mol. The number of rotatable bonds is 7. The van der Waals surface area contributed by atoms with Crippen LogP contribution in [0.5, 0.6) is 0 Å². The molecule has 0 N–H and O–H groups in total. The van der Waals surface area contributed by atoms with Crippen molar-refractivity contribution in [2.45, 2.75) is 33.7 Å². The van der Waals surface area contributed by atoms with Gasteiger partial charge in [0.25, 0.3) is 0 Å². The second kappa shape index (κ2) is 11.4. The summed E-state index contributed by atoms with van der Waals surface area (Å²) in [5.74, 6) is 6.69. The maximum Gasteiger partial charge on any atom is 0.0448 e. The highest BCUT2D eigenvalue weighted by Crippen LogP contribution is 2.28. The van der Waals surface area contributed by atoms with Crippen molar-refractivity contribution in [3.63, 3.8) is 0 Å². The van der Waals surface area contributed by atoms with E-state index in [1.807, 2.05) is 0 Å². The highest BCUT2D eigenvalue weighted by Gasteiger charge is 2.12. The summed E-state index contributed by atoms with van der Waals surface area (Å²) >= 11 is 0. The molecule has 0 spiro atoms. The van der Waals surface area contributed by atoms with Gasteiger partial charge in [0.15, 0.2) is 0 Å². The number of fused-ring (bicyclic) bond motifs is 2. The van der Waals surface area contributed by atoms with Gasteiger partial charge in [-0.25, -0.2) is 0 Å². The van der Waals surface area contributed by atoms with Crippen LogP contribution in [-0.2, 0) is 0 Å². The van der Waals surface area contributed by atoms with Crippen molar-refractivity contribution in [2.24, 2.45) is 5.41 Å². The average molecular weight is 487 g/mol. The Kier molecular flexibility index (Phi) is 8.04. The molecule has 0 aliphatic carbocycles. The lowest BCUT2D eigenvalue weighted by atomic mass is 9.98. The summed E-state index contributed by atoms with van der Waals surface area (Å²) < 4.78 is 0. The molecule has 2 nitrogen and oxygen atoms in total. The fourth-order valence-corrected chi connectivity index (χ4v) is 4.52. The number of hydrogen-bond donors (Lipinski definition) is 0. The minimum atomic E-state index is -0.0330. The third kappa shape index (κ3) is 6.63. The molecule has 0 aliphatic heterocycles. The standard InChI is InChI=1S/C35H38N2/c1-27(37(6)34-22-12-18-30-16-8-10-20-32(30)34)23-24-28(14-13-25-35(2,3)4)26-36(5)33-21-11-17-29-15-7-9-19-31(29)33/h7-12,14-24,27H,26H2,1-6H3. The molecule has 4 aromatic carbocycles. The quantitative estimate of drug-likeness (QED) is 0.191. The third-order valence-electron chi connectivity index (χ3n) is 6.65. The van der Waals surface area contributed by atoms with Crippen LogP contribution in [-0.4, -0.2) is 26.7 Å². The average Bonchev–Trinajstić information content (AvgIpc) is 2.89. The first-order valence-corrected chi connectivity index (χ1v) is 13.0. The fourth-order valence-electron chi connectivity index (χ4n) is 4.52. The number of benzene rings is 4. The summed E-state index contributed by atoms with van der Waals surface area (Å²) in [6.07, 6.45) is 6.60. The second-order valence-electron chi connectivity index (χ2n) is 10.8. The predicted octanol–water partition coefficient (Wildman–Crippen LogP) is 8.49. The van der Waals surface area contributed by atoms with Crippen LogP contribution in [0, 0.1) is 17.3 Å². The molecule has 0 aromatic heterocycles. The normalized spacial score (nSPS) is 13.0. The predicted molar refractivity (Wildman–Crippen MR) is 163 cm³/mol. The number of likely N-dealkylation sites (N-methyl/N-ethyl adjacent to an activating group) is 2. The maximum atomic E-state index is 3.36. The van der Waals surface area contributed by atoms with Crippen LogP contribution >= 0.6 is 0 Å². The Labute approximate surface area is 222 Å². The van der Waals surface area contributed by atoms with E-state index in [2.05, 4.69) is 167 Å². The molecule has 0 radical (unpaired) electrons. The zero-order chi connectivity index (χ0) is 26.4. The highest BCUT2D eigenvalue weighted by molar-refractivity contribution is 5.95. The summed E-state index contributed by atoms with van der Waals surface area (Å²) in [6.45, 7) is 9.45. The van der Waals surface area contributed by atoms with Gasteiger partial charge >= 0.3 is 0 Å². The molecule has 188 valence electrons. The van der Waals surface area contributed by atoms with E-state index in [0.29, 0.717) is 0 Å². The molecule has 1 unspecified atom stereocenters. The smallest absolute Gasteiger partial charge is 0.0448 e. The van der Waals surface area contributed by atoms with E-state index in [4.69, 9.17) is 0 Å². The Morgan fingerprint density at radius 2 is 1.32 bits per heavy atom. The zero-order valence-electron chi connectivity index (χ0n) is 23.0. The van der Waals surface area contributed by atoms with E-state index in [0.717, 1.165) is 6.54 Å². The first kappa shape index (κ1) is 26.1. The van der Waals surface area contributed by atoms with Gasteiger partial charge in [0.2, 0.25) is 0 Å². The first-order valence-electron chi connectivity index (χ1n) is 13.0. The van der Waals surface area contributed by atoms with Gasteiger partial charge in [-0.2, -0.15) is 0 Å². The van der Waals surface area contributed by atoms with Crippen molar-refractivity contribution >= 4 is 32.9 Å². The van der Waals surface area contributed by atoms with Crippen molar-refractivity contribution in [3.05, 3.63) is 109 Å². The molecule has 2 heteroatoms. The maximum absolute atomic E-state index is 3.36. The van der Waals surface area contributed by atoms with E-state index >= 15 is 0 Å². The molecule has 37 heavy (non-hydrogen) atoms. The monoisotopic (exact) mass is 486 g/mol. The Morgan fingerprint density at radius 3 is 1.95 bits per heavy atom. The van der Waals surface area contributed by atoms with Crippen LogP contribution in [0.1, 0.15) is 27.7 Å². The minimum Gasteiger partial charge on any atom is -0.370 e. The molecule has 4 aromatic rings. The van der Waals surface area contributed by atoms with E-state index in [-0.39, 0.29) is 11.5 Å². The van der Waals surface area contributed by atoms with Crippen molar-refractivity contribution in [2.75, 3.05) is 30.4 Å². The van der Waals surface area contributed by atoms with E-state index < -0.39 is 0 Å². The lowest BCUT2D eigenvalue weighted by molar-refractivity contribution is 0.571. The Hall–Kier alpha value is -3.96. The van der Waals surface area contributed by atoms with E-state index in [1.165, 1.54) is 38.5 Å². The van der Waals surface area contributed by atoms with Gasteiger partial charge in [-0.05, 0) is 62.2 Å². The molecule has 0 saturated carbocycles. The molecule has 0 bridgehead atoms.